The lowest BCUT2D eigenvalue weighted by atomic mass is 10.1. The molecule has 1 unspecified atom stereocenters. The maximum atomic E-state index is 11.9. The number of fused-ring (bicyclic) bond motifs is 1. The highest BCUT2D eigenvalue weighted by molar-refractivity contribution is 7.91. The number of hydrogen-bond acceptors (Lipinski definition) is 4. The van der Waals surface area contributed by atoms with Gasteiger partial charge in [-0.05, 0) is 31.9 Å². The smallest absolute Gasteiger partial charge is 0.337 e. The Morgan fingerprint density at radius 1 is 1.43 bits per heavy atom. The molecule has 1 aliphatic heterocycles. The molecule has 0 saturated carbocycles. The Balaban J connectivity index is 2.17. The van der Waals surface area contributed by atoms with Crippen LogP contribution in [-0.2, 0) is 9.84 Å². The number of carboxylic acids is 1. The van der Waals surface area contributed by atoms with E-state index < -0.39 is 15.8 Å². The SMILES string of the molecule is Cc1nc2c(C(=O)O)cccc2n1C1CCCS(=O)(=O)C1. The third-order valence-corrected chi connectivity index (χ3v) is 5.73. The van der Waals surface area contributed by atoms with Gasteiger partial charge in [0.25, 0.3) is 0 Å². The van der Waals surface area contributed by atoms with Crippen LogP contribution in [0.3, 0.4) is 0 Å². The van der Waals surface area contributed by atoms with E-state index in [9.17, 15) is 18.3 Å². The van der Waals surface area contributed by atoms with Crippen LogP contribution < -0.4 is 0 Å². The van der Waals surface area contributed by atoms with Crippen LogP contribution in [0.4, 0.5) is 0 Å². The van der Waals surface area contributed by atoms with Crippen molar-refractivity contribution in [3.8, 4) is 0 Å². The highest BCUT2D eigenvalue weighted by Crippen LogP contribution is 2.30. The number of sulfone groups is 1. The largest absolute Gasteiger partial charge is 0.478 e. The van der Waals surface area contributed by atoms with Gasteiger partial charge in [0.1, 0.15) is 11.3 Å². The number of carboxylic acid groups (broad SMARTS) is 1. The van der Waals surface area contributed by atoms with E-state index in [1.54, 1.807) is 19.1 Å². The minimum atomic E-state index is -3.03. The van der Waals surface area contributed by atoms with Crippen molar-refractivity contribution < 1.29 is 18.3 Å². The second-order valence-corrected chi connectivity index (χ2v) is 7.65. The molecule has 6 nitrogen and oxygen atoms in total. The van der Waals surface area contributed by atoms with E-state index in [0.717, 1.165) is 6.42 Å². The zero-order valence-corrected chi connectivity index (χ0v) is 12.4. The van der Waals surface area contributed by atoms with Crippen molar-refractivity contribution in [1.82, 2.24) is 9.55 Å². The molecule has 0 aliphatic carbocycles. The van der Waals surface area contributed by atoms with Crippen molar-refractivity contribution in [3.05, 3.63) is 29.6 Å². The summed E-state index contributed by atoms with van der Waals surface area (Å²) in [5.74, 6) is -0.0473. The van der Waals surface area contributed by atoms with Gasteiger partial charge < -0.3 is 9.67 Å². The standard InChI is InChI=1S/C14H16N2O4S/c1-9-15-13-11(14(17)18)5-2-6-12(13)16(9)10-4-3-7-21(19,20)8-10/h2,5-6,10H,3-4,7-8H2,1H3,(H,17,18). The van der Waals surface area contributed by atoms with Gasteiger partial charge in [0.2, 0.25) is 0 Å². The first-order valence-electron chi connectivity index (χ1n) is 6.80. The van der Waals surface area contributed by atoms with Gasteiger partial charge in [-0.2, -0.15) is 0 Å². The molecule has 1 aromatic heterocycles. The number of benzene rings is 1. The fraction of sp³-hybridized carbons (Fsp3) is 0.429. The number of carbonyl (C=O) groups is 1. The van der Waals surface area contributed by atoms with Gasteiger partial charge in [-0.1, -0.05) is 6.07 Å². The highest BCUT2D eigenvalue weighted by Gasteiger charge is 2.28. The van der Waals surface area contributed by atoms with E-state index >= 15 is 0 Å². The Morgan fingerprint density at radius 3 is 2.86 bits per heavy atom. The van der Waals surface area contributed by atoms with Gasteiger partial charge in [0.15, 0.2) is 9.84 Å². The maximum Gasteiger partial charge on any atom is 0.337 e. The minimum absolute atomic E-state index is 0.0938. The zero-order valence-electron chi connectivity index (χ0n) is 11.6. The summed E-state index contributed by atoms with van der Waals surface area (Å²) in [6, 6.07) is 4.81. The van der Waals surface area contributed by atoms with Gasteiger partial charge in [0.05, 0.1) is 22.6 Å². The van der Waals surface area contributed by atoms with Crippen LogP contribution in [0.15, 0.2) is 18.2 Å². The van der Waals surface area contributed by atoms with Crippen molar-refractivity contribution in [2.45, 2.75) is 25.8 Å². The monoisotopic (exact) mass is 308 g/mol. The van der Waals surface area contributed by atoms with E-state index in [0.29, 0.717) is 23.3 Å². The molecule has 1 fully saturated rings. The molecule has 0 spiro atoms. The van der Waals surface area contributed by atoms with E-state index in [1.165, 1.54) is 6.07 Å². The van der Waals surface area contributed by atoms with Crippen molar-refractivity contribution in [2.75, 3.05) is 11.5 Å². The number of hydrogen-bond donors (Lipinski definition) is 1. The molecule has 1 atom stereocenters. The van der Waals surface area contributed by atoms with E-state index in [2.05, 4.69) is 4.98 Å². The third kappa shape index (κ3) is 2.42. The van der Waals surface area contributed by atoms with Gasteiger partial charge in [-0.3, -0.25) is 0 Å². The topological polar surface area (TPSA) is 89.3 Å². The summed E-state index contributed by atoms with van der Waals surface area (Å²) >= 11 is 0. The second kappa shape index (κ2) is 4.84. The third-order valence-electron chi connectivity index (χ3n) is 3.93. The molecule has 2 aromatic rings. The molecule has 0 amide bonds. The number of aromatic carboxylic acids is 1. The molecule has 2 heterocycles. The average molecular weight is 308 g/mol. The average Bonchev–Trinajstić information content (AvgIpc) is 2.72. The highest BCUT2D eigenvalue weighted by atomic mass is 32.2. The first-order valence-corrected chi connectivity index (χ1v) is 8.62. The molecule has 3 rings (SSSR count). The van der Waals surface area contributed by atoms with Crippen molar-refractivity contribution >= 4 is 26.8 Å². The van der Waals surface area contributed by atoms with Gasteiger partial charge >= 0.3 is 5.97 Å². The fourth-order valence-corrected chi connectivity index (χ4v) is 4.74. The number of imidazole rings is 1. The first kappa shape index (κ1) is 14.1. The number of nitrogens with zero attached hydrogens (tertiary/aromatic N) is 2. The molecule has 7 heteroatoms. The van der Waals surface area contributed by atoms with E-state index in [1.807, 2.05) is 4.57 Å². The Bertz CT molecular complexity index is 823. The summed E-state index contributed by atoms with van der Waals surface area (Å²) in [5, 5.41) is 9.23. The molecule has 112 valence electrons. The predicted octanol–water partition coefficient (Wildman–Crippen LogP) is 1.79. The van der Waals surface area contributed by atoms with Crippen LogP contribution in [0.1, 0.15) is 35.1 Å². The maximum absolute atomic E-state index is 11.9. The van der Waals surface area contributed by atoms with Gasteiger partial charge in [-0.15, -0.1) is 0 Å². The molecular formula is C14H16N2O4S. The van der Waals surface area contributed by atoms with E-state index in [4.69, 9.17) is 0 Å². The van der Waals surface area contributed by atoms with Gasteiger partial charge in [0, 0.05) is 6.04 Å². The van der Waals surface area contributed by atoms with Crippen LogP contribution in [-0.4, -0.2) is 40.6 Å². The Kier molecular flexibility index (Phi) is 3.24. The Labute approximate surface area is 122 Å². The molecule has 0 bridgehead atoms. The van der Waals surface area contributed by atoms with Crippen LogP contribution in [0.5, 0.6) is 0 Å². The van der Waals surface area contributed by atoms with Crippen molar-refractivity contribution in [2.24, 2.45) is 0 Å². The Morgan fingerprint density at radius 2 is 2.19 bits per heavy atom. The normalized spacial score (nSPS) is 21.5. The summed E-state index contributed by atoms with van der Waals surface area (Å²) in [6.07, 6.45) is 1.40. The number of rotatable bonds is 2. The fourth-order valence-electron chi connectivity index (χ4n) is 3.07. The van der Waals surface area contributed by atoms with Crippen molar-refractivity contribution in [1.29, 1.82) is 0 Å². The molecule has 1 saturated heterocycles. The lowest BCUT2D eigenvalue weighted by Gasteiger charge is -2.25. The Hall–Kier alpha value is -1.89. The van der Waals surface area contributed by atoms with E-state index in [-0.39, 0.29) is 23.1 Å². The summed E-state index contributed by atoms with van der Waals surface area (Å²) < 4.78 is 25.6. The summed E-state index contributed by atoms with van der Waals surface area (Å²) in [5.41, 5.74) is 1.26. The molecular weight excluding hydrogens is 292 g/mol. The second-order valence-electron chi connectivity index (χ2n) is 5.42. The predicted molar refractivity (Wildman–Crippen MR) is 78.4 cm³/mol. The summed E-state index contributed by atoms with van der Waals surface area (Å²) in [6.45, 7) is 1.78. The van der Waals surface area contributed by atoms with Gasteiger partial charge in [-0.25, -0.2) is 18.2 Å². The molecule has 1 aromatic carbocycles. The molecule has 1 N–H and O–H groups in total. The number of aromatic nitrogens is 2. The molecule has 1 aliphatic rings. The number of aryl methyl sites for hydroxylation is 1. The zero-order chi connectivity index (χ0) is 15.2. The lowest BCUT2D eigenvalue weighted by molar-refractivity contribution is 0.0699. The molecule has 0 radical (unpaired) electrons. The first-order chi connectivity index (χ1) is 9.89. The van der Waals surface area contributed by atoms with Crippen LogP contribution >= 0.6 is 0 Å². The van der Waals surface area contributed by atoms with Crippen molar-refractivity contribution in [3.63, 3.8) is 0 Å². The minimum Gasteiger partial charge on any atom is -0.478 e. The quantitative estimate of drug-likeness (QED) is 0.913. The summed E-state index contributed by atoms with van der Waals surface area (Å²) in [7, 11) is -3.03. The van der Waals surface area contributed by atoms with Crippen LogP contribution in [0.25, 0.3) is 11.0 Å². The summed E-state index contributed by atoms with van der Waals surface area (Å²) in [4.78, 5) is 15.6. The number of para-hydroxylation sites is 1. The van der Waals surface area contributed by atoms with Crippen LogP contribution in [0.2, 0.25) is 0 Å². The van der Waals surface area contributed by atoms with Crippen LogP contribution in [0, 0.1) is 6.92 Å². The lowest BCUT2D eigenvalue weighted by Crippen LogP contribution is -2.28. The molecule has 21 heavy (non-hydrogen) atoms.